The van der Waals surface area contributed by atoms with Gasteiger partial charge in [-0.1, -0.05) is 34.1 Å². The molecule has 0 unspecified atom stereocenters. The number of rotatable bonds is 2. The molecule has 0 aliphatic rings. The second-order valence-corrected chi connectivity index (χ2v) is 4.22. The summed E-state index contributed by atoms with van der Waals surface area (Å²) < 4.78 is 2.86. The van der Waals surface area contributed by atoms with Crippen molar-refractivity contribution in [2.75, 3.05) is 0 Å². The summed E-state index contributed by atoms with van der Waals surface area (Å²) in [5.74, 6) is 0. The van der Waals surface area contributed by atoms with E-state index in [-0.39, 0.29) is 0 Å². The average Bonchev–Trinajstić information content (AvgIpc) is 2.60. The molecule has 1 aromatic heterocycles. The highest BCUT2D eigenvalue weighted by molar-refractivity contribution is 9.10. The molecular weight excluding hydrogens is 254 g/mol. The molecule has 2 rings (SSSR count). The highest BCUT2D eigenvalue weighted by Crippen LogP contribution is 2.28. The van der Waals surface area contributed by atoms with Crippen LogP contribution in [0.2, 0.25) is 0 Å². The monoisotopic (exact) mass is 263 g/mol. The molecule has 0 aliphatic carbocycles. The molecule has 15 heavy (non-hydrogen) atoms. The third-order valence-corrected chi connectivity index (χ3v) is 3.04. The first kappa shape index (κ1) is 10.2. The zero-order chi connectivity index (χ0) is 10.8. The highest BCUT2D eigenvalue weighted by Gasteiger charge is 2.06. The minimum Gasteiger partial charge on any atom is -0.348 e. The fraction of sp³-hybridized carbons (Fsp3) is 0.0833. The number of halogens is 1. The van der Waals surface area contributed by atoms with E-state index in [1.807, 2.05) is 48.1 Å². The van der Waals surface area contributed by atoms with E-state index < -0.39 is 0 Å². The van der Waals surface area contributed by atoms with E-state index >= 15 is 0 Å². The van der Waals surface area contributed by atoms with Gasteiger partial charge >= 0.3 is 0 Å². The third kappa shape index (κ3) is 1.88. The van der Waals surface area contributed by atoms with Crippen LogP contribution in [0.4, 0.5) is 0 Å². The number of aromatic nitrogens is 1. The predicted octanol–water partition coefficient (Wildman–Crippen LogP) is 3.27. The second-order valence-electron chi connectivity index (χ2n) is 3.36. The molecule has 2 nitrogen and oxygen atoms in total. The summed E-state index contributed by atoms with van der Waals surface area (Å²) >= 11 is 3.49. The standard InChI is InChI=1S/C12H10BrNO/c1-14-7-9(6-10(14)8-15)11-4-2-3-5-12(11)13/h2-8H,1H3. The minimum absolute atomic E-state index is 0.681. The first-order valence-electron chi connectivity index (χ1n) is 4.59. The topological polar surface area (TPSA) is 22.0 Å². The Balaban J connectivity index is 2.55. The number of nitrogens with zero attached hydrogens (tertiary/aromatic N) is 1. The van der Waals surface area contributed by atoms with Crippen LogP contribution in [0.5, 0.6) is 0 Å². The summed E-state index contributed by atoms with van der Waals surface area (Å²) in [7, 11) is 1.87. The van der Waals surface area contributed by atoms with Crippen LogP contribution in [0.25, 0.3) is 11.1 Å². The van der Waals surface area contributed by atoms with Crippen molar-refractivity contribution in [1.82, 2.24) is 4.57 Å². The second kappa shape index (κ2) is 4.03. The molecule has 3 heteroatoms. The normalized spacial score (nSPS) is 10.3. The van der Waals surface area contributed by atoms with Crippen LogP contribution in [0, 0.1) is 0 Å². The van der Waals surface area contributed by atoms with Gasteiger partial charge in [0.15, 0.2) is 6.29 Å². The summed E-state index contributed by atoms with van der Waals surface area (Å²) in [6, 6.07) is 9.84. The summed E-state index contributed by atoms with van der Waals surface area (Å²) in [5.41, 5.74) is 2.83. The molecule has 0 amide bonds. The van der Waals surface area contributed by atoms with E-state index in [4.69, 9.17) is 0 Å². The largest absolute Gasteiger partial charge is 0.348 e. The fourth-order valence-electron chi connectivity index (χ4n) is 1.54. The highest BCUT2D eigenvalue weighted by atomic mass is 79.9. The van der Waals surface area contributed by atoms with Crippen LogP contribution >= 0.6 is 15.9 Å². The predicted molar refractivity (Wildman–Crippen MR) is 63.9 cm³/mol. The van der Waals surface area contributed by atoms with Crippen molar-refractivity contribution in [2.45, 2.75) is 0 Å². The van der Waals surface area contributed by atoms with E-state index in [0.717, 1.165) is 21.9 Å². The van der Waals surface area contributed by atoms with Crippen molar-refractivity contribution in [2.24, 2.45) is 7.05 Å². The van der Waals surface area contributed by atoms with Crippen molar-refractivity contribution in [3.63, 3.8) is 0 Å². The Morgan fingerprint density at radius 1 is 1.33 bits per heavy atom. The molecule has 1 heterocycles. The summed E-state index contributed by atoms with van der Waals surface area (Å²) in [4.78, 5) is 10.7. The van der Waals surface area contributed by atoms with Gasteiger partial charge < -0.3 is 4.57 Å². The summed E-state index contributed by atoms with van der Waals surface area (Å²) in [6.45, 7) is 0. The van der Waals surface area contributed by atoms with E-state index in [1.54, 1.807) is 0 Å². The maximum absolute atomic E-state index is 10.7. The molecule has 2 aromatic rings. The number of aryl methyl sites for hydroxylation is 1. The van der Waals surface area contributed by atoms with Gasteiger partial charge in [-0.3, -0.25) is 4.79 Å². The van der Waals surface area contributed by atoms with Gasteiger partial charge in [-0.05, 0) is 17.7 Å². The first-order valence-corrected chi connectivity index (χ1v) is 5.38. The van der Waals surface area contributed by atoms with E-state index in [2.05, 4.69) is 15.9 Å². The SMILES string of the molecule is Cn1cc(-c2ccccc2Br)cc1C=O. The number of benzene rings is 1. The van der Waals surface area contributed by atoms with Gasteiger partial charge in [0, 0.05) is 23.3 Å². The maximum atomic E-state index is 10.7. The number of hydrogen-bond donors (Lipinski definition) is 0. The lowest BCUT2D eigenvalue weighted by molar-refractivity contribution is 0.111. The van der Waals surface area contributed by atoms with Crippen LogP contribution in [0.3, 0.4) is 0 Å². The van der Waals surface area contributed by atoms with E-state index in [1.165, 1.54) is 0 Å². The number of carbonyl (C=O) groups excluding carboxylic acids is 1. The molecule has 0 aliphatic heterocycles. The Kier molecular flexibility index (Phi) is 2.73. The Bertz CT molecular complexity index is 502. The lowest BCUT2D eigenvalue weighted by atomic mass is 10.1. The number of aldehydes is 1. The van der Waals surface area contributed by atoms with Gasteiger partial charge in [-0.25, -0.2) is 0 Å². The molecule has 0 fully saturated rings. The van der Waals surface area contributed by atoms with Crippen molar-refractivity contribution in [3.8, 4) is 11.1 Å². The Morgan fingerprint density at radius 3 is 2.67 bits per heavy atom. The zero-order valence-corrected chi connectivity index (χ0v) is 9.86. The van der Waals surface area contributed by atoms with Crippen LogP contribution in [0.1, 0.15) is 10.5 Å². The summed E-state index contributed by atoms with van der Waals surface area (Å²) in [5, 5.41) is 0. The fourth-order valence-corrected chi connectivity index (χ4v) is 2.06. The first-order chi connectivity index (χ1) is 7.22. The van der Waals surface area contributed by atoms with Crippen LogP contribution in [-0.2, 0) is 7.05 Å². The van der Waals surface area contributed by atoms with Gasteiger partial charge in [0.1, 0.15) is 0 Å². The molecule has 0 saturated heterocycles. The molecule has 0 atom stereocenters. The molecule has 0 bridgehead atoms. The molecule has 0 saturated carbocycles. The molecule has 0 spiro atoms. The van der Waals surface area contributed by atoms with Gasteiger partial charge in [-0.15, -0.1) is 0 Å². The maximum Gasteiger partial charge on any atom is 0.166 e. The van der Waals surface area contributed by atoms with Gasteiger partial charge in [0.2, 0.25) is 0 Å². The quantitative estimate of drug-likeness (QED) is 0.763. The molecule has 0 radical (unpaired) electrons. The average molecular weight is 264 g/mol. The molecular formula is C12H10BrNO. The van der Waals surface area contributed by atoms with Gasteiger partial charge in [0.05, 0.1) is 5.69 Å². The number of hydrogen-bond acceptors (Lipinski definition) is 1. The van der Waals surface area contributed by atoms with E-state index in [0.29, 0.717) is 5.69 Å². The minimum atomic E-state index is 0.681. The Morgan fingerprint density at radius 2 is 2.07 bits per heavy atom. The van der Waals surface area contributed by atoms with Gasteiger partial charge in [-0.2, -0.15) is 0 Å². The van der Waals surface area contributed by atoms with Crippen LogP contribution < -0.4 is 0 Å². The van der Waals surface area contributed by atoms with E-state index in [9.17, 15) is 4.79 Å². The lowest BCUT2D eigenvalue weighted by Gasteiger charge is -1.99. The van der Waals surface area contributed by atoms with Crippen LogP contribution in [0.15, 0.2) is 41.0 Å². The molecule has 1 aromatic carbocycles. The van der Waals surface area contributed by atoms with Crippen molar-refractivity contribution < 1.29 is 4.79 Å². The summed E-state index contributed by atoms with van der Waals surface area (Å²) in [6.07, 6.45) is 2.81. The van der Waals surface area contributed by atoms with Gasteiger partial charge in [0.25, 0.3) is 0 Å². The molecule has 0 N–H and O–H groups in total. The van der Waals surface area contributed by atoms with Crippen molar-refractivity contribution in [3.05, 3.63) is 46.7 Å². The van der Waals surface area contributed by atoms with Crippen LogP contribution in [-0.4, -0.2) is 10.9 Å². The zero-order valence-electron chi connectivity index (χ0n) is 8.27. The van der Waals surface area contributed by atoms with Crippen molar-refractivity contribution in [1.29, 1.82) is 0 Å². The number of carbonyl (C=O) groups is 1. The Labute approximate surface area is 96.7 Å². The van der Waals surface area contributed by atoms with Crippen molar-refractivity contribution >= 4 is 22.2 Å². The third-order valence-electron chi connectivity index (χ3n) is 2.35. The smallest absolute Gasteiger partial charge is 0.166 e. The molecule has 76 valence electrons. The lowest BCUT2D eigenvalue weighted by Crippen LogP contribution is -1.90. The Hall–Kier alpha value is -1.35.